The van der Waals surface area contributed by atoms with Gasteiger partial charge in [-0.2, -0.15) is 5.10 Å². The zero-order valence-corrected chi connectivity index (χ0v) is 16.7. The molecule has 0 aliphatic heterocycles. The van der Waals surface area contributed by atoms with Crippen LogP contribution in [0, 0.1) is 13.8 Å². The van der Waals surface area contributed by atoms with Crippen LogP contribution in [0.2, 0.25) is 0 Å². The van der Waals surface area contributed by atoms with Crippen molar-refractivity contribution in [1.82, 2.24) is 14.7 Å². The average Bonchev–Trinajstić information content (AvgIpc) is 3.12. The van der Waals surface area contributed by atoms with Gasteiger partial charge >= 0.3 is 0 Å². The van der Waals surface area contributed by atoms with Crippen molar-refractivity contribution >= 4 is 5.91 Å². The van der Waals surface area contributed by atoms with E-state index in [0.717, 1.165) is 16.7 Å². The number of carbonyl (C=O) groups excluding carboxylic acids is 1. The quantitative estimate of drug-likeness (QED) is 0.683. The Kier molecular flexibility index (Phi) is 6.26. The van der Waals surface area contributed by atoms with Crippen molar-refractivity contribution in [3.63, 3.8) is 0 Å². The van der Waals surface area contributed by atoms with Crippen molar-refractivity contribution in [3.8, 4) is 11.3 Å². The molecule has 5 nitrogen and oxygen atoms in total. The molecular formula is C23H27N3O2. The second-order valence-electron chi connectivity index (χ2n) is 6.98. The SMILES string of the molecule is CCN(CCO)C(=O)c1cn(Cc2ccccc2)nc1-c1ccc(C)c(C)c1. The minimum atomic E-state index is -0.107. The van der Waals surface area contributed by atoms with Crippen molar-refractivity contribution in [2.75, 3.05) is 19.7 Å². The maximum atomic E-state index is 13.1. The standard InChI is InChI=1S/C23H27N3O2/c1-4-25(12-13-27)23(28)21-16-26(15-19-8-6-5-7-9-19)24-22(21)20-11-10-17(2)18(3)14-20/h5-11,14,16,27H,4,12-13,15H2,1-3H3. The monoisotopic (exact) mass is 377 g/mol. The van der Waals surface area contributed by atoms with Crippen LogP contribution >= 0.6 is 0 Å². The van der Waals surface area contributed by atoms with Crippen LogP contribution in [0.15, 0.2) is 54.7 Å². The average molecular weight is 377 g/mol. The first-order valence-corrected chi connectivity index (χ1v) is 9.62. The van der Waals surface area contributed by atoms with Crippen molar-refractivity contribution in [2.24, 2.45) is 0 Å². The van der Waals surface area contributed by atoms with Gasteiger partial charge in [-0.3, -0.25) is 9.48 Å². The highest BCUT2D eigenvalue weighted by Gasteiger charge is 2.22. The number of benzene rings is 2. The molecule has 1 aromatic heterocycles. The number of aromatic nitrogens is 2. The van der Waals surface area contributed by atoms with Gasteiger partial charge in [-0.15, -0.1) is 0 Å². The van der Waals surface area contributed by atoms with E-state index in [1.165, 1.54) is 5.56 Å². The van der Waals surface area contributed by atoms with E-state index >= 15 is 0 Å². The number of hydrogen-bond donors (Lipinski definition) is 1. The molecule has 0 atom stereocenters. The molecule has 0 saturated heterocycles. The Hall–Kier alpha value is -2.92. The number of carbonyl (C=O) groups is 1. The second kappa shape index (κ2) is 8.85. The highest BCUT2D eigenvalue weighted by Crippen LogP contribution is 2.26. The van der Waals surface area contributed by atoms with Crippen LogP contribution in [0.5, 0.6) is 0 Å². The molecule has 0 unspecified atom stereocenters. The van der Waals surface area contributed by atoms with Gasteiger partial charge in [0.05, 0.1) is 18.7 Å². The molecule has 1 N–H and O–H groups in total. The first-order chi connectivity index (χ1) is 13.5. The summed E-state index contributed by atoms with van der Waals surface area (Å²) < 4.78 is 1.82. The zero-order valence-electron chi connectivity index (χ0n) is 16.7. The van der Waals surface area contributed by atoms with Gasteiger partial charge in [-0.05, 0) is 43.5 Å². The number of rotatable bonds is 7. The fraction of sp³-hybridized carbons (Fsp3) is 0.304. The molecule has 1 amide bonds. The van der Waals surface area contributed by atoms with Crippen molar-refractivity contribution < 1.29 is 9.90 Å². The van der Waals surface area contributed by atoms with Crippen LogP contribution < -0.4 is 0 Å². The topological polar surface area (TPSA) is 58.4 Å². The maximum absolute atomic E-state index is 13.1. The zero-order chi connectivity index (χ0) is 20.1. The summed E-state index contributed by atoms with van der Waals surface area (Å²) in [5, 5.41) is 14.1. The number of hydrogen-bond acceptors (Lipinski definition) is 3. The van der Waals surface area contributed by atoms with Crippen LogP contribution in [0.3, 0.4) is 0 Å². The highest BCUT2D eigenvalue weighted by molar-refractivity contribution is 5.99. The lowest BCUT2D eigenvalue weighted by Gasteiger charge is -2.19. The Morgan fingerprint density at radius 3 is 2.50 bits per heavy atom. The molecule has 0 aliphatic rings. The largest absolute Gasteiger partial charge is 0.395 e. The predicted molar refractivity (Wildman–Crippen MR) is 111 cm³/mol. The number of aliphatic hydroxyl groups is 1. The van der Waals surface area contributed by atoms with Crippen molar-refractivity contribution in [2.45, 2.75) is 27.3 Å². The van der Waals surface area contributed by atoms with Crippen LogP contribution in [0.4, 0.5) is 0 Å². The smallest absolute Gasteiger partial charge is 0.257 e. The molecule has 146 valence electrons. The molecule has 5 heteroatoms. The molecule has 0 fully saturated rings. The number of nitrogens with zero attached hydrogens (tertiary/aromatic N) is 3. The van der Waals surface area contributed by atoms with Gasteiger partial charge in [0.2, 0.25) is 0 Å². The third-order valence-corrected chi connectivity index (χ3v) is 5.00. The summed E-state index contributed by atoms with van der Waals surface area (Å²) in [5.74, 6) is -0.107. The van der Waals surface area contributed by atoms with Gasteiger partial charge < -0.3 is 10.0 Å². The van der Waals surface area contributed by atoms with Gasteiger partial charge in [0.15, 0.2) is 0 Å². The summed E-state index contributed by atoms with van der Waals surface area (Å²) in [7, 11) is 0. The van der Waals surface area contributed by atoms with E-state index in [1.54, 1.807) is 4.90 Å². The summed E-state index contributed by atoms with van der Waals surface area (Å²) >= 11 is 0. The molecule has 2 aromatic carbocycles. The van der Waals surface area contributed by atoms with Gasteiger partial charge in [0.1, 0.15) is 5.69 Å². The molecule has 3 rings (SSSR count). The Bertz CT molecular complexity index is 948. The third-order valence-electron chi connectivity index (χ3n) is 5.00. The van der Waals surface area contributed by atoms with E-state index in [9.17, 15) is 9.90 Å². The molecule has 0 spiro atoms. The fourth-order valence-electron chi connectivity index (χ4n) is 3.23. The van der Waals surface area contributed by atoms with E-state index in [2.05, 4.69) is 26.0 Å². The molecule has 0 bridgehead atoms. The second-order valence-corrected chi connectivity index (χ2v) is 6.98. The predicted octanol–water partition coefficient (Wildman–Crippen LogP) is 3.67. The summed E-state index contributed by atoms with van der Waals surface area (Å²) in [6, 6.07) is 16.2. The lowest BCUT2D eigenvalue weighted by Crippen LogP contribution is -2.33. The fourth-order valence-corrected chi connectivity index (χ4v) is 3.23. The Labute approximate surface area is 166 Å². The van der Waals surface area contributed by atoms with Gasteiger partial charge in [-0.1, -0.05) is 42.5 Å². The normalized spacial score (nSPS) is 10.9. The lowest BCUT2D eigenvalue weighted by molar-refractivity contribution is 0.0732. The molecule has 0 radical (unpaired) electrons. The number of aryl methyl sites for hydroxylation is 2. The van der Waals surface area contributed by atoms with E-state index in [1.807, 2.05) is 54.2 Å². The number of aliphatic hydroxyl groups excluding tert-OH is 1. The first kappa shape index (κ1) is 19.8. The maximum Gasteiger partial charge on any atom is 0.257 e. The molecule has 28 heavy (non-hydrogen) atoms. The van der Waals surface area contributed by atoms with E-state index in [4.69, 9.17) is 5.10 Å². The first-order valence-electron chi connectivity index (χ1n) is 9.62. The Morgan fingerprint density at radius 1 is 1.11 bits per heavy atom. The molecule has 1 heterocycles. The summed E-state index contributed by atoms with van der Waals surface area (Å²) in [5.41, 5.74) is 5.67. The van der Waals surface area contributed by atoms with Crippen LogP contribution in [0.1, 0.15) is 34.0 Å². The van der Waals surface area contributed by atoms with E-state index < -0.39 is 0 Å². The van der Waals surface area contributed by atoms with Gasteiger partial charge in [0.25, 0.3) is 5.91 Å². The van der Waals surface area contributed by atoms with Crippen LogP contribution in [-0.4, -0.2) is 45.4 Å². The van der Waals surface area contributed by atoms with E-state index in [0.29, 0.717) is 30.9 Å². The van der Waals surface area contributed by atoms with E-state index in [-0.39, 0.29) is 12.5 Å². The third kappa shape index (κ3) is 4.31. The minimum absolute atomic E-state index is 0.0588. The molecular weight excluding hydrogens is 350 g/mol. The van der Waals surface area contributed by atoms with Crippen LogP contribution in [-0.2, 0) is 6.54 Å². The summed E-state index contributed by atoms with van der Waals surface area (Å²) in [4.78, 5) is 14.8. The number of amides is 1. The van der Waals surface area contributed by atoms with Gasteiger partial charge in [-0.25, -0.2) is 0 Å². The molecule has 3 aromatic rings. The number of likely N-dealkylation sites (N-methyl/N-ethyl adjacent to an activating group) is 1. The van der Waals surface area contributed by atoms with Crippen LogP contribution in [0.25, 0.3) is 11.3 Å². The molecule has 0 saturated carbocycles. The summed E-state index contributed by atoms with van der Waals surface area (Å²) in [6.07, 6.45) is 1.82. The Balaban J connectivity index is 2.04. The summed E-state index contributed by atoms with van der Waals surface area (Å²) in [6.45, 7) is 7.43. The van der Waals surface area contributed by atoms with Crippen molar-refractivity contribution in [3.05, 3.63) is 77.0 Å². The minimum Gasteiger partial charge on any atom is -0.395 e. The Morgan fingerprint density at radius 2 is 1.86 bits per heavy atom. The molecule has 0 aliphatic carbocycles. The lowest BCUT2D eigenvalue weighted by atomic mass is 10.0. The van der Waals surface area contributed by atoms with Crippen molar-refractivity contribution in [1.29, 1.82) is 0 Å². The van der Waals surface area contributed by atoms with Gasteiger partial charge in [0, 0.05) is 24.8 Å². The highest BCUT2D eigenvalue weighted by atomic mass is 16.3.